The first-order valence-corrected chi connectivity index (χ1v) is 7.27. The van der Waals surface area contributed by atoms with Crippen LogP contribution in [-0.2, 0) is 11.3 Å². The SMILES string of the molecule is CCNC(=O)C(C)Oc1ccc2ccccc2c1CNC. The molecule has 0 aliphatic heterocycles. The first-order chi connectivity index (χ1) is 10.2. The van der Waals surface area contributed by atoms with Crippen LogP contribution in [0.4, 0.5) is 0 Å². The van der Waals surface area contributed by atoms with E-state index in [1.807, 2.05) is 38.2 Å². The molecule has 0 aliphatic carbocycles. The van der Waals surface area contributed by atoms with Gasteiger partial charge in [-0.15, -0.1) is 0 Å². The van der Waals surface area contributed by atoms with E-state index < -0.39 is 6.10 Å². The van der Waals surface area contributed by atoms with Gasteiger partial charge in [-0.1, -0.05) is 30.3 Å². The van der Waals surface area contributed by atoms with Crippen LogP contribution < -0.4 is 15.4 Å². The Morgan fingerprint density at radius 3 is 2.71 bits per heavy atom. The number of likely N-dealkylation sites (N-methyl/N-ethyl adjacent to an activating group) is 1. The number of nitrogens with one attached hydrogen (secondary N) is 2. The van der Waals surface area contributed by atoms with Crippen LogP contribution in [0.25, 0.3) is 10.8 Å². The highest BCUT2D eigenvalue weighted by Gasteiger charge is 2.16. The van der Waals surface area contributed by atoms with E-state index in [0.29, 0.717) is 13.1 Å². The second kappa shape index (κ2) is 7.09. The normalized spacial score (nSPS) is 12.1. The minimum atomic E-state index is -0.512. The number of benzene rings is 2. The molecule has 0 spiro atoms. The van der Waals surface area contributed by atoms with Crippen LogP contribution in [0.2, 0.25) is 0 Å². The average molecular weight is 286 g/mol. The zero-order valence-electron chi connectivity index (χ0n) is 12.8. The van der Waals surface area contributed by atoms with Crippen LogP contribution in [0.5, 0.6) is 5.75 Å². The number of carbonyl (C=O) groups excluding carboxylic acids is 1. The molecule has 112 valence electrons. The number of carbonyl (C=O) groups is 1. The van der Waals surface area contributed by atoms with E-state index in [-0.39, 0.29) is 5.91 Å². The molecule has 1 unspecified atom stereocenters. The number of amides is 1. The van der Waals surface area contributed by atoms with E-state index in [4.69, 9.17) is 4.74 Å². The van der Waals surface area contributed by atoms with Crippen molar-refractivity contribution in [1.82, 2.24) is 10.6 Å². The zero-order valence-corrected chi connectivity index (χ0v) is 12.8. The molecule has 1 amide bonds. The molecule has 4 nitrogen and oxygen atoms in total. The molecule has 0 bridgehead atoms. The summed E-state index contributed by atoms with van der Waals surface area (Å²) >= 11 is 0. The maximum Gasteiger partial charge on any atom is 0.260 e. The summed E-state index contributed by atoms with van der Waals surface area (Å²) in [6.45, 7) is 4.96. The van der Waals surface area contributed by atoms with Gasteiger partial charge in [-0.25, -0.2) is 0 Å². The van der Waals surface area contributed by atoms with Gasteiger partial charge in [-0.2, -0.15) is 0 Å². The standard InChI is InChI=1S/C17H22N2O2/c1-4-19-17(20)12(2)21-16-10-9-13-7-5-6-8-14(13)15(16)11-18-3/h5-10,12,18H,4,11H2,1-3H3,(H,19,20). The summed E-state index contributed by atoms with van der Waals surface area (Å²) < 4.78 is 5.87. The van der Waals surface area contributed by atoms with Crippen LogP contribution in [-0.4, -0.2) is 25.6 Å². The van der Waals surface area contributed by atoms with Crippen LogP contribution >= 0.6 is 0 Å². The van der Waals surface area contributed by atoms with Crippen molar-refractivity contribution < 1.29 is 9.53 Å². The number of fused-ring (bicyclic) bond motifs is 1. The van der Waals surface area contributed by atoms with Crippen LogP contribution in [0, 0.1) is 0 Å². The summed E-state index contributed by atoms with van der Waals surface area (Å²) in [6.07, 6.45) is -0.512. The lowest BCUT2D eigenvalue weighted by Gasteiger charge is -2.18. The lowest BCUT2D eigenvalue weighted by atomic mass is 10.0. The quantitative estimate of drug-likeness (QED) is 0.857. The monoisotopic (exact) mass is 286 g/mol. The van der Waals surface area contributed by atoms with E-state index >= 15 is 0 Å². The van der Waals surface area contributed by atoms with Gasteiger partial charge in [0.25, 0.3) is 5.91 Å². The Morgan fingerprint density at radius 2 is 2.00 bits per heavy atom. The number of hydrogen-bond donors (Lipinski definition) is 2. The second-order valence-electron chi connectivity index (χ2n) is 4.95. The number of ether oxygens (including phenoxy) is 1. The molecule has 2 aromatic rings. The van der Waals surface area contributed by atoms with Crippen molar-refractivity contribution in [1.29, 1.82) is 0 Å². The largest absolute Gasteiger partial charge is 0.481 e. The molecule has 21 heavy (non-hydrogen) atoms. The molecule has 1 atom stereocenters. The van der Waals surface area contributed by atoms with E-state index in [9.17, 15) is 4.79 Å². The van der Waals surface area contributed by atoms with Crippen molar-refractivity contribution in [3.05, 3.63) is 42.0 Å². The van der Waals surface area contributed by atoms with Crippen LogP contribution in [0.15, 0.2) is 36.4 Å². The van der Waals surface area contributed by atoms with Crippen molar-refractivity contribution in [2.24, 2.45) is 0 Å². The maximum atomic E-state index is 11.8. The highest BCUT2D eigenvalue weighted by Crippen LogP contribution is 2.28. The average Bonchev–Trinajstić information content (AvgIpc) is 2.50. The molecule has 0 heterocycles. The molecular formula is C17H22N2O2. The topological polar surface area (TPSA) is 50.4 Å². The zero-order chi connectivity index (χ0) is 15.2. The Morgan fingerprint density at radius 1 is 1.24 bits per heavy atom. The van der Waals surface area contributed by atoms with E-state index in [2.05, 4.69) is 22.8 Å². The molecule has 2 N–H and O–H groups in total. The summed E-state index contributed by atoms with van der Waals surface area (Å²) in [6, 6.07) is 12.1. The lowest BCUT2D eigenvalue weighted by Crippen LogP contribution is -2.36. The molecule has 0 fully saturated rings. The van der Waals surface area contributed by atoms with Crippen molar-refractivity contribution in [2.75, 3.05) is 13.6 Å². The van der Waals surface area contributed by atoms with Crippen molar-refractivity contribution in [3.63, 3.8) is 0 Å². The van der Waals surface area contributed by atoms with Crippen molar-refractivity contribution >= 4 is 16.7 Å². The predicted molar refractivity (Wildman–Crippen MR) is 85.5 cm³/mol. The summed E-state index contributed by atoms with van der Waals surface area (Å²) in [5.74, 6) is 0.655. The highest BCUT2D eigenvalue weighted by molar-refractivity contribution is 5.88. The molecule has 0 aliphatic rings. The second-order valence-corrected chi connectivity index (χ2v) is 4.95. The Kier molecular flexibility index (Phi) is 5.17. The molecule has 0 saturated carbocycles. The lowest BCUT2D eigenvalue weighted by molar-refractivity contribution is -0.127. The third kappa shape index (κ3) is 3.52. The highest BCUT2D eigenvalue weighted by atomic mass is 16.5. The van der Waals surface area contributed by atoms with Crippen LogP contribution in [0.3, 0.4) is 0 Å². The minimum Gasteiger partial charge on any atom is -0.481 e. The fraction of sp³-hybridized carbons (Fsp3) is 0.353. The van der Waals surface area contributed by atoms with E-state index in [1.165, 1.54) is 5.39 Å². The molecule has 4 heteroatoms. The third-order valence-electron chi connectivity index (χ3n) is 3.38. The summed E-state index contributed by atoms with van der Waals surface area (Å²) in [4.78, 5) is 11.8. The van der Waals surface area contributed by atoms with Crippen molar-refractivity contribution in [3.8, 4) is 5.75 Å². The first-order valence-electron chi connectivity index (χ1n) is 7.27. The summed E-state index contributed by atoms with van der Waals surface area (Å²) in [5, 5.41) is 8.25. The van der Waals surface area contributed by atoms with E-state index in [1.54, 1.807) is 6.92 Å². The van der Waals surface area contributed by atoms with Gasteiger partial charge in [-0.3, -0.25) is 4.79 Å². The van der Waals surface area contributed by atoms with Crippen LogP contribution in [0.1, 0.15) is 19.4 Å². The molecular weight excluding hydrogens is 264 g/mol. The Bertz CT molecular complexity index is 625. The first kappa shape index (κ1) is 15.3. The number of hydrogen-bond acceptors (Lipinski definition) is 3. The Labute approximate surface area is 125 Å². The predicted octanol–water partition coefficient (Wildman–Crippen LogP) is 2.46. The molecule has 0 radical (unpaired) electrons. The molecule has 2 aromatic carbocycles. The van der Waals surface area contributed by atoms with Gasteiger partial charge in [0.1, 0.15) is 5.75 Å². The number of rotatable bonds is 6. The van der Waals surface area contributed by atoms with Gasteiger partial charge < -0.3 is 15.4 Å². The fourth-order valence-corrected chi connectivity index (χ4v) is 2.35. The third-order valence-corrected chi connectivity index (χ3v) is 3.38. The van der Waals surface area contributed by atoms with Crippen molar-refractivity contribution in [2.45, 2.75) is 26.5 Å². The minimum absolute atomic E-state index is 0.0962. The van der Waals surface area contributed by atoms with Gasteiger partial charge in [-0.05, 0) is 37.7 Å². The smallest absolute Gasteiger partial charge is 0.260 e. The Hall–Kier alpha value is -2.07. The van der Waals surface area contributed by atoms with Gasteiger partial charge in [0.05, 0.1) is 0 Å². The van der Waals surface area contributed by atoms with Gasteiger partial charge in [0.2, 0.25) is 0 Å². The van der Waals surface area contributed by atoms with Gasteiger partial charge in [0, 0.05) is 18.7 Å². The molecule has 0 aromatic heterocycles. The van der Waals surface area contributed by atoms with Gasteiger partial charge >= 0.3 is 0 Å². The molecule has 0 saturated heterocycles. The Balaban J connectivity index is 2.34. The van der Waals surface area contributed by atoms with E-state index in [0.717, 1.165) is 16.7 Å². The molecule has 2 rings (SSSR count). The summed E-state index contributed by atoms with van der Waals surface area (Å²) in [7, 11) is 1.90. The summed E-state index contributed by atoms with van der Waals surface area (Å²) in [5.41, 5.74) is 1.08. The maximum absolute atomic E-state index is 11.8. The fourth-order valence-electron chi connectivity index (χ4n) is 2.35. The van der Waals surface area contributed by atoms with Gasteiger partial charge in [0.15, 0.2) is 6.10 Å².